The average molecular weight is 337 g/mol. The quantitative estimate of drug-likeness (QED) is 0.441. The number of hydrogen-bond acceptors (Lipinski definition) is 4. The van der Waals surface area contributed by atoms with Gasteiger partial charge in [-0.1, -0.05) is 0 Å². The van der Waals surface area contributed by atoms with Crippen molar-refractivity contribution in [3.8, 4) is 0 Å². The molecular formula is C17H31N5O2. The summed E-state index contributed by atoms with van der Waals surface area (Å²) in [6.45, 7) is 7.13. The Hall–Kier alpha value is -1.60. The molecule has 1 aromatic rings. The molecule has 2 rings (SSSR count). The van der Waals surface area contributed by atoms with E-state index in [1.54, 1.807) is 7.11 Å². The van der Waals surface area contributed by atoms with Gasteiger partial charge in [0, 0.05) is 53.2 Å². The molecule has 7 heteroatoms. The van der Waals surface area contributed by atoms with Gasteiger partial charge < -0.3 is 19.7 Å². The number of nitrogens with zero attached hydrogens (tertiary/aromatic N) is 4. The Bertz CT molecular complexity index is 495. The normalized spacial score (nSPS) is 16.6. The van der Waals surface area contributed by atoms with Crippen LogP contribution in [0.5, 0.6) is 0 Å². The predicted octanol–water partition coefficient (Wildman–Crippen LogP) is 1.40. The van der Waals surface area contributed by atoms with Crippen molar-refractivity contribution in [2.45, 2.75) is 38.8 Å². The van der Waals surface area contributed by atoms with E-state index in [1.165, 1.54) is 0 Å². The van der Waals surface area contributed by atoms with E-state index >= 15 is 0 Å². The van der Waals surface area contributed by atoms with Gasteiger partial charge in [-0.3, -0.25) is 4.68 Å². The summed E-state index contributed by atoms with van der Waals surface area (Å²) >= 11 is 0. The van der Waals surface area contributed by atoms with Crippen molar-refractivity contribution >= 4 is 5.96 Å². The van der Waals surface area contributed by atoms with Crippen molar-refractivity contribution < 1.29 is 9.47 Å². The zero-order valence-electron chi connectivity index (χ0n) is 15.2. The van der Waals surface area contributed by atoms with Crippen molar-refractivity contribution in [1.29, 1.82) is 0 Å². The number of methoxy groups -OCH3 is 1. The van der Waals surface area contributed by atoms with Gasteiger partial charge in [-0.15, -0.1) is 0 Å². The van der Waals surface area contributed by atoms with Crippen LogP contribution >= 0.6 is 0 Å². The Labute approximate surface area is 145 Å². The molecule has 0 saturated carbocycles. The lowest BCUT2D eigenvalue weighted by molar-refractivity contribution is 0.00990. The van der Waals surface area contributed by atoms with Gasteiger partial charge in [0.25, 0.3) is 0 Å². The minimum Gasteiger partial charge on any atom is -0.385 e. The highest BCUT2D eigenvalue weighted by Gasteiger charge is 2.21. The Kier molecular flexibility index (Phi) is 8.04. The van der Waals surface area contributed by atoms with E-state index < -0.39 is 0 Å². The topological polar surface area (TPSA) is 63.9 Å². The Morgan fingerprint density at radius 2 is 2.17 bits per heavy atom. The van der Waals surface area contributed by atoms with Gasteiger partial charge in [0.1, 0.15) is 0 Å². The third-order valence-electron chi connectivity index (χ3n) is 4.24. The van der Waals surface area contributed by atoms with Crippen molar-refractivity contribution in [2.24, 2.45) is 12.0 Å². The van der Waals surface area contributed by atoms with Crippen molar-refractivity contribution in [1.82, 2.24) is 20.0 Å². The molecule has 0 bridgehead atoms. The molecular weight excluding hydrogens is 306 g/mol. The lowest BCUT2D eigenvalue weighted by Crippen LogP contribution is -2.47. The van der Waals surface area contributed by atoms with Gasteiger partial charge in [0.15, 0.2) is 5.96 Å². The molecule has 0 unspecified atom stereocenters. The number of guanidine groups is 1. The number of nitrogens with one attached hydrogen (secondary N) is 1. The SMILES string of the molecule is CCNC(=NCc1ccnn1C)N1CCC(OCCCOC)CC1. The van der Waals surface area contributed by atoms with Gasteiger partial charge in [-0.05, 0) is 32.3 Å². The lowest BCUT2D eigenvalue weighted by atomic mass is 10.1. The van der Waals surface area contributed by atoms with E-state index in [-0.39, 0.29) is 0 Å². The molecule has 2 heterocycles. The van der Waals surface area contributed by atoms with Crippen LogP contribution in [0.3, 0.4) is 0 Å². The molecule has 1 aliphatic rings. The first kappa shape index (κ1) is 18.7. The average Bonchev–Trinajstić information content (AvgIpc) is 3.01. The molecule has 1 aromatic heterocycles. The monoisotopic (exact) mass is 337 g/mol. The van der Waals surface area contributed by atoms with Crippen LogP contribution in [-0.4, -0.2) is 66.7 Å². The van der Waals surface area contributed by atoms with Crippen LogP contribution in [0.2, 0.25) is 0 Å². The number of ether oxygens (including phenoxy) is 2. The second kappa shape index (κ2) is 10.3. The summed E-state index contributed by atoms with van der Waals surface area (Å²) in [7, 11) is 3.68. The summed E-state index contributed by atoms with van der Waals surface area (Å²) < 4.78 is 12.9. The number of rotatable bonds is 8. The summed E-state index contributed by atoms with van der Waals surface area (Å²) in [5.41, 5.74) is 1.11. The van der Waals surface area contributed by atoms with E-state index in [9.17, 15) is 0 Å². The largest absolute Gasteiger partial charge is 0.385 e. The number of aliphatic imine (C=N–C) groups is 1. The highest BCUT2D eigenvalue weighted by atomic mass is 16.5. The Morgan fingerprint density at radius 1 is 1.38 bits per heavy atom. The molecule has 1 fully saturated rings. The smallest absolute Gasteiger partial charge is 0.194 e. The number of aromatic nitrogens is 2. The van der Waals surface area contributed by atoms with Crippen LogP contribution in [0.25, 0.3) is 0 Å². The lowest BCUT2D eigenvalue weighted by Gasteiger charge is -2.34. The summed E-state index contributed by atoms with van der Waals surface area (Å²) in [6.07, 6.45) is 5.22. The molecule has 0 aliphatic carbocycles. The number of likely N-dealkylation sites (tertiary alicyclic amines) is 1. The first-order valence-corrected chi connectivity index (χ1v) is 8.85. The summed E-state index contributed by atoms with van der Waals surface area (Å²) in [6, 6.07) is 2.01. The van der Waals surface area contributed by atoms with Crippen LogP contribution in [0.4, 0.5) is 0 Å². The van der Waals surface area contributed by atoms with Gasteiger partial charge in [-0.2, -0.15) is 5.10 Å². The first-order chi connectivity index (χ1) is 11.7. The molecule has 0 atom stereocenters. The van der Waals surface area contributed by atoms with Gasteiger partial charge in [0.2, 0.25) is 0 Å². The second-order valence-electron chi connectivity index (χ2n) is 6.02. The van der Waals surface area contributed by atoms with Crippen molar-refractivity contribution in [3.63, 3.8) is 0 Å². The third-order valence-corrected chi connectivity index (χ3v) is 4.24. The van der Waals surface area contributed by atoms with Crippen LogP contribution in [0.15, 0.2) is 17.3 Å². The third kappa shape index (κ3) is 5.79. The standard InChI is InChI=1S/C17H31N5O2/c1-4-18-17(19-14-15-6-9-20-21(15)2)22-10-7-16(8-11-22)24-13-5-12-23-3/h6,9,16H,4-5,7-8,10-14H2,1-3H3,(H,18,19). The highest BCUT2D eigenvalue weighted by molar-refractivity contribution is 5.80. The summed E-state index contributed by atoms with van der Waals surface area (Å²) in [5, 5.41) is 7.59. The number of piperidine rings is 1. The Morgan fingerprint density at radius 3 is 2.79 bits per heavy atom. The van der Waals surface area contributed by atoms with Gasteiger partial charge in [-0.25, -0.2) is 4.99 Å². The van der Waals surface area contributed by atoms with Crippen molar-refractivity contribution in [2.75, 3.05) is 40.0 Å². The summed E-state index contributed by atoms with van der Waals surface area (Å²) in [4.78, 5) is 7.09. The molecule has 1 saturated heterocycles. The van der Waals surface area contributed by atoms with Crippen molar-refractivity contribution in [3.05, 3.63) is 18.0 Å². The number of aryl methyl sites for hydroxylation is 1. The zero-order valence-corrected chi connectivity index (χ0v) is 15.2. The Balaban J connectivity index is 1.81. The molecule has 136 valence electrons. The van der Waals surface area contributed by atoms with E-state index in [1.807, 2.05) is 24.0 Å². The van der Waals surface area contributed by atoms with Gasteiger partial charge in [0.05, 0.1) is 18.3 Å². The van der Waals surface area contributed by atoms with Crippen LogP contribution in [0, 0.1) is 0 Å². The van der Waals surface area contributed by atoms with E-state index in [0.717, 1.165) is 63.8 Å². The zero-order chi connectivity index (χ0) is 17.2. The van der Waals surface area contributed by atoms with Crippen LogP contribution in [0.1, 0.15) is 31.9 Å². The molecule has 0 aromatic carbocycles. The van der Waals surface area contributed by atoms with Gasteiger partial charge >= 0.3 is 0 Å². The molecule has 0 radical (unpaired) electrons. The van der Waals surface area contributed by atoms with E-state index in [0.29, 0.717) is 12.6 Å². The van der Waals surface area contributed by atoms with Crippen LogP contribution in [-0.2, 0) is 23.1 Å². The minimum absolute atomic E-state index is 0.359. The maximum atomic E-state index is 5.93. The predicted molar refractivity (Wildman–Crippen MR) is 95.1 cm³/mol. The molecule has 1 aliphatic heterocycles. The fourth-order valence-electron chi connectivity index (χ4n) is 2.83. The molecule has 7 nitrogen and oxygen atoms in total. The second-order valence-corrected chi connectivity index (χ2v) is 6.02. The van der Waals surface area contributed by atoms with E-state index in [2.05, 4.69) is 22.2 Å². The molecule has 1 N–H and O–H groups in total. The van der Waals surface area contributed by atoms with E-state index in [4.69, 9.17) is 14.5 Å². The molecule has 24 heavy (non-hydrogen) atoms. The first-order valence-electron chi connectivity index (χ1n) is 8.85. The fourth-order valence-corrected chi connectivity index (χ4v) is 2.83. The minimum atomic E-state index is 0.359. The maximum Gasteiger partial charge on any atom is 0.194 e. The fraction of sp³-hybridized carbons (Fsp3) is 0.765. The molecule has 0 spiro atoms. The highest BCUT2D eigenvalue weighted by Crippen LogP contribution is 2.14. The number of hydrogen-bond donors (Lipinski definition) is 1. The summed E-state index contributed by atoms with van der Waals surface area (Å²) in [5.74, 6) is 0.983. The maximum absolute atomic E-state index is 5.93. The molecule has 0 amide bonds. The van der Waals surface area contributed by atoms with Crippen LogP contribution < -0.4 is 5.32 Å².